The third-order valence-corrected chi connectivity index (χ3v) is 3.08. The third-order valence-electron chi connectivity index (χ3n) is 2.85. The summed E-state index contributed by atoms with van der Waals surface area (Å²) in [5, 5.41) is 9.63. The molecule has 1 aromatic carbocycles. The van der Waals surface area contributed by atoms with Crippen molar-refractivity contribution in [3.63, 3.8) is 0 Å². The lowest BCUT2D eigenvalue weighted by molar-refractivity contribution is -0.127. The molecule has 0 atom stereocenters. The number of likely N-dealkylation sites (N-methyl/N-ethyl adjacent to an activating group) is 1. The minimum absolute atomic E-state index is 0.0789. The van der Waals surface area contributed by atoms with Crippen molar-refractivity contribution >= 4 is 29.2 Å². The monoisotopic (exact) mass is 298 g/mol. The quantitative estimate of drug-likeness (QED) is 0.876. The molecule has 0 fully saturated rings. The number of anilines is 1. The normalized spacial score (nSPS) is 10.2. The first-order chi connectivity index (χ1) is 9.36. The maximum absolute atomic E-state index is 11.9. The lowest BCUT2D eigenvalue weighted by Gasteiger charge is -2.26. The van der Waals surface area contributed by atoms with Gasteiger partial charge in [-0.1, -0.05) is 18.5 Å². The standard InChI is InChI=1S/C14H19ClN2O3/c1-4-7-17(9-13(18)16(2)3)12-6-5-10(15)8-11(12)14(19)20/h5-6,8H,4,7,9H2,1-3H3,(H,19,20). The van der Waals surface area contributed by atoms with E-state index in [1.165, 1.54) is 11.0 Å². The van der Waals surface area contributed by atoms with Crippen molar-refractivity contribution in [2.45, 2.75) is 13.3 Å². The van der Waals surface area contributed by atoms with Gasteiger partial charge < -0.3 is 14.9 Å². The molecule has 0 spiro atoms. The fourth-order valence-electron chi connectivity index (χ4n) is 1.81. The number of halogens is 1. The van der Waals surface area contributed by atoms with Gasteiger partial charge in [0.15, 0.2) is 0 Å². The van der Waals surface area contributed by atoms with Gasteiger partial charge in [0.25, 0.3) is 0 Å². The maximum atomic E-state index is 11.9. The van der Waals surface area contributed by atoms with E-state index in [0.29, 0.717) is 17.3 Å². The predicted octanol–water partition coefficient (Wildman–Crippen LogP) is 2.34. The van der Waals surface area contributed by atoms with Crippen molar-refractivity contribution in [1.29, 1.82) is 0 Å². The molecule has 110 valence electrons. The zero-order valence-corrected chi connectivity index (χ0v) is 12.6. The molecule has 0 aliphatic carbocycles. The SMILES string of the molecule is CCCN(CC(=O)N(C)C)c1ccc(Cl)cc1C(=O)O. The van der Waals surface area contributed by atoms with E-state index in [-0.39, 0.29) is 18.0 Å². The number of hydrogen-bond donors (Lipinski definition) is 1. The van der Waals surface area contributed by atoms with Crippen molar-refractivity contribution in [3.8, 4) is 0 Å². The molecule has 0 unspecified atom stereocenters. The highest BCUT2D eigenvalue weighted by molar-refractivity contribution is 6.31. The van der Waals surface area contributed by atoms with Gasteiger partial charge in [-0.3, -0.25) is 4.79 Å². The molecule has 1 aromatic rings. The summed E-state index contributed by atoms with van der Waals surface area (Å²) < 4.78 is 0. The van der Waals surface area contributed by atoms with Gasteiger partial charge >= 0.3 is 5.97 Å². The Bertz CT molecular complexity index is 503. The van der Waals surface area contributed by atoms with Crippen LogP contribution in [0.15, 0.2) is 18.2 Å². The van der Waals surface area contributed by atoms with Crippen LogP contribution in [0.5, 0.6) is 0 Å². The predicted molar refractivity (Wildman–Crippen MR) is 79.6 cm³/mol. The van der Waals surface area contributed by atoms with Gasteiger partial charge in [-0.05, 0) is 24.6 Å². The molecule has 0 aliphatic heterocycles. The minimum atomic E-state index is -1.05. The minimum Gasteiger partial charge on any atom is -0.478 e. The van der Waals surface area contributed by atoms with Crippen LogP contribution >= 0.6 is 11.6 Å². The zero-order valence-electron chi connectivity index (χ0n) is 11.9. The number of carboxylic acid groups (broad SMARTS) is 1. The molecule has 0 saturated heterocycles. The van der Waals surface area contributed by atoms with Gasteiger partial charge in [-0.25, -0.2) is 4.79 Å². The van der Waals surface area contributed by atoms with Crippen LogP contribution in [0.4, 0.5) is 5.69 Å². The first-order valence-electron chi connectivity index (χ1n) is 6.34. The fraction of sp³-hybridized carbons (Fsp3) is 0.429. The summed E-state index contributed by atoms with van der Waals surface area (Å²) in [6, 6.07) is 4.68. The first kappa shape index (κ1) is 16.3. The number of carbonyl (C=O) groups excluding carboxylic acids is 1. The van der Waals surface area contributed by atoms with E-state index in [9.17, 15) is 14.7 Å². The van der Waals surface area contributed by atoms with Gasteiger partial charge in [0.1, 0.15) is 0 Å². The van der Waals surface area contributed by atoms with Crippen LogP contribution in [0.25, 0.3) is 0 Å². The summed E-state index contributed by atoms with van der Waals surface area (Å²) in [4.78, 5) is 26.4. The Morgan fingerprint density at radius 3 is 2.45 bits per heavy atom. The number of carboxylic acids is 1. The van der Waals surface area contributed by atoms with Crippen molar-refractivity contribution in [2.75, 3.05) is 32.1 Å². The number of rotatable bonds is 6. The highest BCUT2D eigenvalue weighted by Gasteiger charge is 2.19. The molecule has 0 saturated carbocycles. The Kier molecular flexibility index (Phi) is 5.82. The number of nitrogens with zero attached hydrogens (tertiary/aromatic N) is 2. The summed E-state index contributed by atoms with van der Waals surface area (Å²) in [7, 11) is 3.35. The number of hydrogen-bond acceptors (Lipinski definition) is 3. The van der Waals surface area contributed by atoms with E-state index >= 15 is 0 Å². The van der Waals surface area contributed by atoms with E-state index in [4.69, 9.17) is 11.6 Å². The molecule has 1 rings (SSSR count). The lowest BCUT2D eigenvalue weighted by Crippen LogP contribution is -2.37. The molecule has 0 aliphatic rings. The molecule has 0 radical (unpaired) electrons. The van der Waals surface area contributed by atoms with E-state index < -0.39 is 5.97 Å². The Morgan fingerprint density at radius 2 is 1.95 bits per heavy atom. The van der Waals surface area contributed by atoms with Crippen LogP contribution < -0.4 is 4.90 Å². The molecule has 1 N–H and O–H groups in total. The summed E-state index contributed by atoms with van der Waals surface area (Å²) in [5.74, 6) is -1.13. The molecule has 0 heterocycles. The third kappa shape index (κ3) is 4.13. The Hall–Kier alpha value is -1.75. The van der Waals surface area contributed by atoms with E-state index in [2.05, 4.69) is 0 Å². The van der Waals surface area contributed by atoms with Crippen molar-refractivity contribution < 1.29 is 14.7 Å². The smallest absolute Gasteiger partial charge is 0.337 e. The van der Waals surface area contributed by atoms with Gasteiger partial charge in [-0.2, -0.15) is 0 Å². The second-order valence-corrected chi connectivity index (χ2v) is 5.11. The average molecular weight is 299 g/mol. The summed E-state index contributed by atoms with van der Waals surface area (Å²) in [5.41, 5.74) is 0.622. The summed E-state index contributed by atoms with van der Waals surface area (Å²) >= 11 is 5.84. The summed E-state index contributed by atoms with van der Waals surface area (Å²) in [6.45, 7) is 2.72. The van der Waals surface area contributed by atoms with Crippen molar-refractivity contribution in [2.24, 2.45) is 0 Å². The van der Waals surface area contributed by atoms with Gasteiger partial charge in [0.05, 0.1) is 17.8 Å². The van der Waals surface area contributed by atoms with Crippen LogP contribution in [0.2, 0.25) is 5.02 Å². The molecule has 20 heavy (non-hydrogen) atoms. The second kappa shape index (κ2) is 7.14. The van der Waals surface area contributed by atoms with Crippen molar-refractivity contribution in [3.05, 3.63) is 28.8 Å². The molecule has 0 aromatic heterocycles. The Balaban J connectivity index is 3.14. The topological polar surface area (TPSA) is 60.9 Å². The number of aromatic carboxylic acids is 1. The molecule has 5 nitrogen and oxygen atoms in total. The van der Waals surface area contributed by atoms with E-state index in [1.807, 2.05) is 6.92 Å². The molecular formula is C14H19ClN2O3. The number of carbonyl (C=O) groups is 2. The van der Waals surface area contributed by atoms with Crippen LogP contribution in [-0.4, -0.2) is 49.1 Å². The van der Waals surface area contributed by atoms with Gasteiger partial charge in [0.2, 0.25) is 5.91 Å². The average Bonchev–Trinajstić information content (AvgIpc) is 2.37. The Labute approximate surface area is 123 Å². The maximum Gasteiger partial charge on any atom is 0.337 e. The molecule has 1 amide bonds. The molecule has 6 heteroatoms. The van der Waals surface area contributed by atoms with E-state index in [0.717, 1.165) is 6.42 Å². The second-order valence-electron chi connectivity index (χ2n) is 4.68. The fourth-order valence-corrected chi connectivity index (χ4v) is 1.99. The number of amides is 1. The van der Waals surface area contributed by atoms with Crippen LogP contribution in [0.3, 0.4) is 0 Å². The van der Waals surface area contributed by atoms with Gasteiger partial charge in [-0.15, -0.1) is 0 Å². The van der Waals surface area contributed by atoms with Crippen LogP contribution in [0.1, 0.15) is 23.7 Å². The molecular weight excluding hydrogens is 280 g/mol. The Morgan fingerprint density at radius 1 is 1.30 bits per heavy atom. The zero-order chi connectivity index (χ0) is 15.3. The van der Waals surface area contributed by atoms with E-state index in [1.54, 1.807) is 31.1 Å². The largest absolute Gasteiger partial charge is 0.478 e. The van der Waals surface area contributed by atoms with Crippen LogP contribution in [-0.2, 0) is 4.79 Å². The van der Waals surface area contributed by atoms with Crippen molar-refractivity contribution in [1.82, 2.24) is 4.90 Å². The lowest BCUT2D eigenvalue weighted by atomic mass is 10.1. The highest BCUT2D eigenvalue weighted by atomic mass is 35.5. The van der Waals surface area contributed by atoms with Gasteiger partial charge in [0, 0.05) is 25.7 Å². The molecule has 0 bridgehead atoms. The summed E-state index contributed by atoms with van der Waals surface area (Å²) in [6.07, 6.45) is 0.808. The first-order valence-corrected chi connectivity index (χ1v) is 6.72. The number of benzene rings is 1. The van der Waals surface area contributed by atoms with Crippen LogP contribution in [0, 0.1) is 0 Å². The highest BCUT2D eigenvalue weighted by Crippen LogP contribution is 2.24.